The van der Waals surface area contributed by atoms with E-state index in [-0.39, 0.29) is 20.9 Å². The molecule has 0 spiro atoms. The van der Waals surface area contributed by atoms with Crippen molar-refractivity contribution >= 4 is 39.5 Å². The van der Waals surface area contributed by atoms with E-state index in [1.165, 1.54) is 18.6 Å². The Balaban J connectivity index is 2.29. The fourth-order valence-corrected chi connectivity index (χ4v) is 4.95. The predicted molar refractivity (Wildman–Crippen MR) is 86.6 cm³/mol. The first-order valence-electron chi connectivity index (χ1n) is 6.29. The van der Waals surface area contributed by atoms with Crippen LogP contribution in [-0.4, -0.2) is 49.1 Å². The van der Waals surface area contributed by atoms with Crippen LogP contribution in [0.25, 0.3) is 0 Å². The van der Waals surface area contributed by atoms with Crippen molar-refractivity contribution in [2.45, 2.75) is 0 Å². The summed E-state index contributed by atoms with van der Waals surface area (Å²) in [4.78, 5) is 4.37. The normalized spacial score (nSPS) is 10.3. The number of nitrogens with zero attached hydrogens (tertiary/aromatic N) is 2. The van der Waals surface area contributed by atoms with Crippen LogP contribution >= 0.6 is 0 Å². The van der Waals surface area contributed by atoms with Crippen molar-refractivity contribution < 1.29 is 0 Å². The summed E-state index contributed by atoms with van der Waals surface area (Å²) in [7, 11) is 8.41. The minimum absolute atomic E-state index is 0.338. The molecule has 0 aliphatic carbocycles. The van der Waals surface area contributed by atoms with E-state index in [9.17, 15) is 0 Å². The van der Waals surface area contributed by atoms with Gasteiger partial charge in [-0.1, -0.05) is 0 Å². The zero-order valence-electron chi connectivity index (χ0n) is 11.9. The summed E-state index contributed by atoms with van der Waals surface area (Å²) in [5.41, 5.74) is 2.63. The quantitative estimate of drug-likeness (QED) is 0.755. The van der Waals surface area contributed by atoms with Gasteiger partial charge in [-0.2, -0.15) is 0 Å². The van der Waals surface area contributed by atoms with E-state index in [1.807, 2.05) is 0 Å². The first-order valence-corrected chi connectivity index (χ1v) is 8.62. The molecule has 0 N–H and O–H groups in total. The monoisotopic (exact) mass is 370 g/mol. The zero-order valence-corrected chi connectivity index (χ0v) is 14.3. The molecule has 0 radical (unpaired) electrons. The molecule has 19 heavy (non-hydrogen) atoms. The van der Waals surface area contributed by atoms with Gasteiger partial charge in [0.2, 0.25) is 0 Å². The Morgan fingerprint density at radius 3 is 2.21 bits per heavy atom. The van der Waals surface area contributed by atoms with Gasteiger partial charge in [0.15, 0.2) is 0 Å². The second-order valence-corrected chi connectivity index (χ2v) is 8.04. The fraction of sp³-hybridized carbons (Fsp3) is 0.250. The molecule has 0 amide bonds. The Kier molecular flexibility index (Phi) is 4.74. The van der Waals surface area contributed by atoms with Gasteiger partial charge in [-0.25, -0.2) is 0 Å². The van der Waals surface area contributed by atoms with Gasteiger partial charge in [-0.3, -0.25) is 0 Å². The van der Waals surface area contributed by atoms with Crippen LogP contribution in [0, 0.1) is 0 Å². The Labute approximate surface area is 126 Å². The molecular weight excluding hydrogens is 348 g/mol. The Morgan fingerprint density at radius 2 is 1.53 bits per heavy atom. The molecule has 0 aromatic heterocycles. The van der Waals surface area contributed by atoms with E-state index in [2.05, 4.69) is 86.5 Å². The average Bonchev–Trinajstić information content (AvgIpc) is 2.39. The Morgan fingerprint density at radius 1 is 0.789 bits per heavy atom. The third kappa shape index (κ3) is 3.65. The summed E-state index contributed by atoms with van der Waals surface area (Å²) in [6, 6.07) is 17.6. The van der Waals surface area contributed by atoms with Gasteiger partial charge >= 0.3 is 126 Å². The van der Waals surface area contributed by atoms with Crippen LogP contribution in [0.5, 0.6) is 0 Å². The first kappa shape index (κ1) is 14.2. The second kappa shape index (κ2) is 6.32. The van der Waals surface area contributed by atoms with E-state index in [4.69, 9.17) is 0 Å². The minimum atomic E-state index is -0.338. The maximum atomic E-state index is 2.31. The molecule has 0 aliphatic heterocycles. The van der Waals surface area contributed by atoms with E-state index in [0.717, 1.165) is 0 Å². The molecule has 0 bridgehead atoms. The number of rotatable bonds is 4. The molecule has 0 saturated carbocycles. The van der Waals surface area contributed by atoms with Crippen LogP contribution in [0.3, 0.4) is 0 Å². The second-order valence-electron chi connectivity index (χ2n) is 4.86. The van der Waals surface area contributed by atoms with Gasteiger partial charge < -0.3 is 0 Å². The average molecular weight is 368 g/mol. The summed E-state index contributed by atoms with van der Waals surface area (Å²) < 4.78 is 2.97. The van der Waals surface area contributed by atoms with Crippen LogP contribution in [0.4, 0.5) is 11.4 Å². The van der Waals surface area contributed by atoms with Crippen molar-refractivity contribution in [2.75, 3.05) is 38.0 Å². The molecule has 0 aliphatic rings. The molecule has 100 valence electrons. The van der Waals surface area contributed by atoms with Gasteiger partial charge in [0, 0.05) is 0 Å². The van der Waals surface area contributed by atoms with E-state index < -0.39 is 0 Å². The van der Waals surface area contributed by atoms with Gasteiger partial charge in [-0.15, -0.1) is 0 Å². The standard InChI is InChI=1S/C16H20N2Te/c1-17(2)13-8-7-9-14(12-13)19-16-11-6-5-10-15(16)18(3)4/h5-12H,1-4H3. The topological polar surface area (TPSA) is 6.48 Å². The van der Waals surface area contributed by atoms with Crippen molar-refractivity contribution in [3.05, 3.63) is 48.5 Å². The number of benzene rings is 2. The Bertz CT molecular complexity index is 550. The molecular formula is C16H20N2Te. The summed E-state index contributed by atoms with van der Waals surface area (Å²) in [6.45, 7) is 0. The van der Waals surface area contributed by atoms with E-state index in [1.54, 1.807) is 0 Å². The molecule has 0 fully saturated rings. The van der Waals surface area contributed by atoms with Gasteiger partial charge in [0.25, 0.3) is 0 Å². The van der Waals surface area contributed by atoms with Crippen molar-refractivity contribution in [3.8, 4) is 0 Å². The van der Waals surface area contributed by atoms with Crippen molar-refractivity contribution in [1.82, 2.24) is 0 Å². The third-order valence-corrected chi connectivity index (χ3v) is 5.92. The van der Waals surface area contributed by atoms with Crippen molar-refractivity contribution in [3.63, 3.8) is 0 Å². The van der Waals surface area contributed by atoms with Crippen LogP contribution in [-0.2, 0) is 0 Å². The SMILES string of the molecule is CN(C)c1cccc([Te]c2ccccc2N(C)C)c1. The number of hydrogen-bond acceptors (Lipinski definition) is 2. The number of para-hydroxylation sites is 1. The van der Waals surface area contributed by atoms with Crippen LogP contribution in [0.1, 0.15) is 0 Å². The molecule has 0 unspecified atom stereocenters. The van der Waals surface area contributed by atoms with E-state index >= 15 is 0 Å². The molecule has 2 aromatic rings. The maximum absolute atomic E-state index is 2.31. The summed E-state index contributed by atoms with van der Waals surface area (Å²) >= 11 is -0.338. The first-order chi connectivity index (χ1) is 9.08. The molecule has 0 heterocycles. The summed E-state index contributed by atoms with van der Waals surface area (Å²) in [5, 5.41) is 0. The fourth-order valence-electron chi connectivity index (χ4n) is 1.87. The number of hydrogen-bond donors (Lipinski definition) is 0. The Hall–Kier alpha value is -1.17. The van der Waals surface area contributed by atoms with E-state index in [0.29, 0.717) is 0 Å². The predicted octanol–water partition coefficient (Wildman–Crippen LogP) is 1.47. The number of anilines is 2. The van der Waals surface area contributed by atoms with Crippen LogP contribution in [0.2, 0.25) is 0 Å². The molecule has 2 aromatic carbocycles. The third-order valence-electron chi connectivity index (χ3n) is 2.91. The van der Waals surface area contributed by atoms with Crippen molar-refractivity contribution in [2.24, 2.45) is 0 Å². The van der Waals surface area contributed by atoms with Gasteiger partial charge in [0.1, 0.15) is 0 Å². The van der Waals surface area contributed by atoms with Gasteiger partial charge in [0.05, 0.1) is 0 Å². The van der Waals surface area contributed by atoms with Crippen LogP contribution in [0.15, 0.2) is 48.5 Å². The van der Waals surface area contributed by atoms with Crippen molar-refractivity contribution in [1.29, 1.82) is 0 Å². The molecule has 2 nitrogen and oxygen atoms in total. The molecule has 3 heteroatoms. The van der Waals surface area contributed by atoms with Crippen LogP contribution < -0.4 is 17.0 Å². The molecule has 0 saturated heterocycles. The summed E-state index contributed by atoms with van der Waals surface area (Å²) in [5.74, 6) is 0. The molecule has 0 atom stereocenters. The zero-order chi connectivity index (χ0) is 13.8. The van der Waals surface area contributed by atoms with Gasteiger partial charge in [-0.05, 0) is 0 Å². The molecule has 2 rings (SSSR count). The summed E-state index contributed by atoms with van der Waals surface area (Å²) in [6.07, 6.45) is 0.